The zero-order valence-electron chi connectivity index (χ0n) is 22.9. The molecule has 2 aliphatic rings. The quantitative estimate of drug-likeness (QED) is 0.430. The van der Waals surface area contributed by atoms with Crippen molar-refractivity contribution in [2.24, 2.45) is 0 Å². The molecule has 3 aromatic carbocycles. The number of rotatable bonds is 4. The highest BCUT2D eigenvalue weighted by Crippen LogP contribution is 2.28. The van der Waals surface area contributed by atoms with Gasteiger partial charge in [-0.3, -0.25) is 19.1 Å². The highest BCUT2D eigenvalue weighted by atomic mass is 35.5. The van der Waals surface area contributed by atoms with Gasteiger partial charge in [0.25, 0.3) is 11.7 Å². The number of likely N-dealkylation sites (N-methyl/N-ethyl adjacent to an activating group) is 2. The van der Waals surface area contributed by atoms with Crippen LogP contribution in [0.15, 0.2) is 72.8 Å². The number of aliphatic carboxylic acids is 1. The monoisotopic (exact) mass is 600 g/mol. The van der Waals surface area contributed by atoms with E-state index in [4.69, 9.17) is 21.5 Å². The number of fused-ring (bicyclic) bond motifs is 1. The topological polar surface area (TPSA) is 87.0 Å². The van der Waals surface area contributed by atoms with E-state index < -0.39 is 12.1 Å². The summed E-state index contributed by atoms with van der Waals surface area (Å²) in [6.07, 6.45) is -5.19. The smallest absolute Gasteiger partial charge is 0.430 e. The second-order valence-corrected chi connectivity index (χ2v) is 10.4. The molecular weight excluding hydrogens is 573 g/mol. The van der Waals surface area contributed by atoms with E-state index in [0.717, 1.165) is 29.9 Å². The number of hydrogen-bond acceptors (Lipinski definition) is 5. The van der Waals surface area contributed by atoms with E-state index in [1.807, 2.05) is 24.3 Å². The number of para-hydroxylation sites is 1. The first-order valence-electron chi connectivity index (χ1n) is 12.9. The van der Waals surface area contributed by atoms with Crippen LogP contribution in [0.4, 0.5) is 18.9 Å². The predicted molar refractivity (Wildman–Crippen MR) is 149 cm³/mol. The molecule has 5 rings (SSSR count). The second kappa shape index (κ2) is 12.6. The highest BCUT2D eigenvalue weighted by molar-refractivity contribution is 6.30. The van der Waals surface area contributed by atoms with Gasteiger partial charge in [0, 0.05) is 22.8 Å². The number of hydrogen-bond donors (Lipinski definition) is 0. The fourth-order valence-electron chi connectivity index (χ4n) is 4.83. The number of benzene rings is 3. The van der Waals surface area contributed by atoms with Gasteiger partial charge in [-0.05, 0) is 53.6 Å². The molecule has 0 radical (unpaired) electrons. The van der Waals surface area contributed by atoms with Crippen molar-refractivity contribution in [2.45, 2.75) is 19.3 Å². The standard InChI is InChI=1S/C28H28ClN4O2.C2HF3O2/c1-30-15-16-31(2)27(30)21-9-7-20(8-10-21)17-33-25-6-4-3-5-23(25)18-32(19-26(33)34)28(35)22-11-13-24(29)14-12-22;3-2(4,5)1(6)7/h3-14H,15-19H2,1-2H3;(H,6,7)/q+1;/p-1. The molecule has 8 nitrogen and oxygen atoms in total. The number of carboxylic acids is 1. The average molecular weight is 601 g/mol. The molecular formula is C30H28ClF3N4O4. The fraction of sp³-hybridized carbons (Fsp3) is 0.267. The molecule has 0 aromatic heterocycles. The third-order valence-corrected chi connectivity index (χ3v) is 7.18. The molecule has 0 atom stereocenters. The molecule has 0 fully saturated rings. The van der Waals surface area contributed by atoms with Crippen molar-refractivity contribution >= 4 is 40.9 Å². The highest BCUT2D eigenvalue weighted by Gasteiger charge is 2.30. The third-order valence-electron chi connectivity index (χ3n) is 6.93. The predicted octanol–water partition coefficient (Wildman–Crippen LogP) is 3.16. The van der Waals surface area contributed by atoms with Crippen LogP contribution in [-0.2, 0) is 22.7 Å². The number of halogens is 4. The Bertz CT molecular complexity index is 1510. The molecule has 2 amide bonds. The lowest BCUT2D eigenvalue weighted by atomic mass is 10.1. The maximum Gasteiger partial charge on any atom is 0.430 e. The second-order valence-electron chi connectivity index (χ2n) is 9.93. The lowest BCUT2D eigenvalue weighted by molar-refractivity contribution is -0.486. The van der Waals surface area contributed by atoms with Crippen molar-refractivity contribution in [2.75, 3.05) is 38.6 Å². The Hall–Kier alpha value is -4.38. The minimum absolute atomic E-state index is 0.0156. The van der Waals surface area contributed by atoms with E-state index in [2.05, 4.69) is 47.8 Å². The van der Waals surface area contributed by atoms with Gasteiger partial charge in [-0.15, -0.1) is 0 Å². The van der Waals surface area contributed by atoms with Crippen molar-refractivity contribution in [3.05, 3.63) is 100 Å². The van der Waals surface area contributed by atoms with Gasteiger partial charge < -0.3 is 19.7 Å². The van der Waals surface area contributed by atoms with Crippen LogP contribution < -0.4 is 10.0 Å². The van der Waals surface area contributed by atoms with E-state index in [9.17, 15) is 22.8 Å². The summed E-state index contributed by atoms with van der Waals surface area (Å²) in [6.45, 7) is 2.85. The molecule has 42 heavy (non-hydrogen) atoms. The maximum atomic E-state index is 13.4. The first-order chi connectivity index (χ1) is 19.8. The van der Waals surface area contributed by atoms with Crippen LogP contribution in [-0.4, -0.2) is 77.9 Å². The molecule has 220 valence electrons. The number of amides is 2. The number of nitrogens with zero attached hydrogens (tertiary/aromatic N) is 4. The van der Waals surface area contributed by atoms with Gasteiger partial charge in [-0.25, -0.2) is 0 Å². The molecule has 0 saturated heterocycles. The summed E-state index contributed by atoms with van der Waals surface area (Å²) < 4.78 is 33.8. The van der Waals surface area contributed by atoms with Gasteiger partial charge in [0.2, 0.25) is 5.91 Å². The zero-order chi connectivity index (χ0) is 30.6. The van der Waals surface area contributed by atoms with E-state index in [-0.39, 0.29) is 18.4 Å². The molecule has 2 heterocycles. The molecule has 0 spiro atoms. The van der Waals surface area contributed by atoms with Crippen molar-refractivity contribution in [1.82, 2.24) is 9.80 Å². The van der Waals surface area contributed by atoms with Crippen molar-refractivity contribution in [3.63, 3.8) is 0 Å². The molecule has 0 unspecified atom stereocenters. The third kappa shape index (κ3) is 7.09. The van der Waals surface area contributed by atoms with E-state index in [1.54, 1.807) is 34.1 Å². The lowest BCUT2D eigenvalue weighted by Gasteiger charge is -2.23. The molecule has 0 aliphatic carbocycles. The zero-order valence-corrected chi connectivity index (χ0v) is 23.7. The number of carboxylic acid groups (broad SMARTS) is 1. The van der Waals surface area contributed by atoms with Gasteiger partial charge in [0.1, 0.15) is 25.6 Å². The van der Waals surface area contributed by atoms with E-state index in [0.29, 0.717) is 23.7 Å². The van der Waals surface area contributed by atoms with Crippen LogP contribution in [0, 0.1) is 0 Å². The van der Waals surface area contributed by atoms with Crippen molar-refractivity contribution < 1.29 is 37.2 Å². The fourth-order valence-corrected chi connectivity index (χ4v) is 4.96. The number of anilines is 1. The van der Waals surface area contributed by atoms with Crippen LogP contribution in [0.2, 0.25) is 5.02 Å². The summed E-state index contributed by atoms with van der Waals surface area (Å²) in [5, 5.41) is 9.35. The maximum absolute atomic E-state index is 13.4. The molecule has 0 saturated carbocycles. The summed E-state index contributed by atoms with van der Waals surface area (Å²) in [7, 11) is 4.22. The minimum Gasteiger partial charge on any atom is -0.542 e. The summed E-state index contributed by atoms with van der Waals surface area (Å²) in [4.78, 5) is 41.1. The van der Waals surface area contributed by atoms with E-state index in [1.165, 1.54) is 11.4 Å². The molecule has 0 N–H and O–H groups in total. The number of amidine groups is 1. The SMILES string of the molecule is CN1CC[N+](C)=C1c1ccc(CN2C(=O)CN(C(=O)c3ccc(Cl)cc3)Cc3ccccc32)cc1.O=C([O-])C(F)(F)F. The van der Waals surface area contributed by atoms with Crippen molar-refractivity contribution in [1.29, 1.82) is 0 Å². The van der Waals surface area contributed by atoms with Gasteiger partial charge in [0.05, 0.1) is 26.2 Å². The first kappa shape index (κ1) is 30.6. The summed E-state index contributed by atoms with van der Waals surface area (Å²) in [5.74, 6) is -2.08. The Labute approximate surface area is 245 Å². The van der Waals surface area contributed by atoms with Crippen LogP contribution in [0.1, 0.15) is 27.0 Å². The number of carbonyl (C=O) groups is 3. The molecule has 0 bridgehead atoms. The molecule has 12 heteroatoms. The number of alkyl halides is 3. The summed E-state index contributed by atoms with van der Waals surface area (Å²) in [6, 6.07) is 23.0. The van der Waals surface area contributed by atoms with Crippen LogP contribution in [0.5, 0.6) is 0 Å². The van der Waals surface area contributed by atoms with Gasteiger partial charge in [0.15, 0.2) is 0 Å². The average Bonchev–Trinajstić information content (AvgIpc) is 3.21. The summed E-state index contributed by atoms with van der Waals surface area (Å²) >= 11 is 5.98. The molecule has 3 aromatic rings. The minimum atomic E-state index is -5.19. The first-order valence-corrected chi connectivity index (χ1v) is 13.3. The van der Waals surface area contributed by atoms with Crippen LogP contribution in [0.25, 0.3) is 0 Å². The van der Waals surface area contributed by atoms with Crippen molar-refractivity contribution in [3.8, 4) is 0 Å². The normalized spacial score (nSPS) is 15.2. The Morgan fingerprint density at radius 2 is 1.60 bits per heavy atom. The van der Waals surface area contributed by atoms with Crippen LogP contribution in [0.3, 0.4) is 0 Å². The van der Waals surface area contributed by atoms with Crippen LogP contribution >= 0.6 is 11.6 Å². The Morgan fingerprint density at radius 1 is 0.976 bits per heavy atom. The summed E-state index contributed by atoms with van der Waals surface area (Å²) in [5.41, 5.74) is 4.51. The molecule has 2 aliphatic heterocycles. The lowest BCUT2D eigenvalue weighted by Crippen LogP contribution is -2.39. The number of carbonyl (C=O) groups excluding carboxylic acids is 3. The van der Waals surface area contributed by atoms with Gasteiger partial charge in [-0.1, -0.05) is 41.9 Å². The Morgan fingerprint density at radius 3 is 2.17 bits per heavy atom. The Kier molecular flexibility index (Phi) is 9.20. The Balaban J connectivity index is 0.000000517. The van der Waals surface area contributed by atoms with Gasteiger partial charge >= 0.3 is 6.18 Å². The van der Waals surface area contributed by atoms with Gasteiger partial charge in [-0.2, -0.15) is 13.2 Å². The van der Waals surface area contributed by atoms with E-state index >= 15 is 0 Å². The largest absolute Gasteiger partial charge is 0.542 e.